The van der Waals surface area contributed by atoms with Crippen molar-refractivity contribution in [3.8, 4) is 0 Å². The molecule has 0 aliphatic heterocycles. The van der Waals surface area contributed by atoms with Crippen LogP contribution in [0.4, 0.5) is 4.39 Å². The van der Waals surface area contributed by atoms with E-state index in [2.05, 4.69) is 33.8 Å². The summed E-state index contributed by atoms with van der Waals surface area (Å²) in [5, 5.41) is 20.1. The van der Waals surface area contributed by atoms with E-state index < -0.39 is 12.2 Å². The first-order valence-electron chi connectivity index (χ1n) is 12.3. The number of allylic oxidation sites excluding steroid dienone is 3. The third-order valence-electron chi connectivity index (χ3n) is 8.46. The Kier molecular flexibility index (Phi) is 8.01. The van der Waals surface area contributed by atoms with Gasteiger partial charge >= 0.3 is 0 Å². The second kappa shape index (κ2) is 10.1. The fourth-order valence-electron chi connectivity index (χ4n) is 6.83. The summed E-state index contributed by atoms with van der Waals surface area (Å²) in [5.41, 5.74) is 2.98. The molecule has 0 saturated heterocycles. The molecule has 0 unspecified atom stereocenters. The van der Waals surface area contributed by atoms with Crippen LogP contribution in [0, 0.1) is 29.1 Å². The van der Waals surface area contributed by atoms with Gasteiger partial charge in [0.2, 0.25) is 0 Å². The Hall–Kier alpha value is -0.930. The summed E-state index contributed by atoms with van der Waals surface area (Å²) >= 11 is 0. The highest BCUT2D eigenvalue weighted by Gasteiger charge is 2.50. The van der Waals surface area contributed by atoms with Crippen molar-refractivity contribution in [2.45, 2.75) is 104 Å². The third-order valence-corrected chi connectivity index (χ3v) is 8.46. The number of halogens is 1. The van der Waals surface area contributed by atoms with Crippen molar-refractivity contribution >= 4 is 0 Å². The van der Waals surface area contributed by atoms with Gasteiger partial charge in [0.15, 0.2) is 0 Å². The van der Waals surface area contributed by atoms with Crippen LogP contribution in [-0.2, 0) is 0 Å². The number of aliphatic hydroxyl groups is 2. The lowest BCUT2D eigenvalue weighted by Gasteiger charge is -2.44. The van der Waals surface area contributed by atoms with E-state index in [1.54, 1.807) is 0 Å². The number of fused-ring (bicyclic) bond motifs is 1. The molecular formula is C27H43FO2. The van der Waals surface area contributed by atoms with Crippen molar-refractivity contribution in [3.05, 3.63) is 35.2 Å². The SMILES string of the molecule is CC(C)CCC[C@@H](C)[C@H]1CC[C@H]2/C(=C/C=C3/C[C@@H](O)C[C@H](O)/C3=C/F)CCC[C@]12C. The molecule has 170 valence electrons. The molecule has 0 amide bonds. The van der Waals surface area contributed by atoms with Gasteiger partial charge in [0, 0.05) is 12.0 Å². The first-order chi connectivity index (χ1) is 14.3. The second-order valence-electron chi connectivity index (χ2n) is 11.0. The number of rotatable bonds is 6. The molecule has 3 aliphatic rings. The first-order valence-corrected chi connectivity index (χ1v) is 12.3. The van der Waals surface area contributed by atoms with Crippen LogP contribution in [0.15, 0.2) is 35.2 Å². The van der Waals surface area contributed by atoms with Crippen molar-refractivity contribution in [1.82, 2.24) is 0 Å². The average Bonchev–Trinajstić information content (AvgIpc) is 3.03. The van der Waals surface area contributed by atoms with Crippen LogP contribution < -0.4 is 0 Å². The Balaban J connectivity index is 1.74. The Morgan fingerprint density at radius 1 is 1.13 bits per heavy atom. The molecule has 0 spiro atoms. The Bertz CT molecular complexity index is 676. The zero-order valence-electron chi connectivity index (χ0n) is 19.5. The molecule has 0 aromatic rings. The predicted octanol–water partition coefficient (Wildman–Crippen LogP) is 6.89. The minimum Gasteiger partial charge on any atom is -0.393 e. The van der Waals surface area contributed by atoms with Gasteiger partial charge in [-0.25, -0.2) is 4.39 Å². The first kappa shape index (κ1) is 23.7. The molecule has 2 N–H and O–H groups in total. The summed E-state index contributed by atoms with van der Waals surface area (Å²) in [6.45, 7) is 9.63. The lowest BCUT2D eigenvalue weighted by molar-refractivity contribution is 0.0850. The fraction of sp³-hybridized carbons (Fsp3) is 0.778. The van der Waals surface area contributed by atoms with Crippen LogP contribution in [0.1, 0.15) is 91.9 Å². The van der Waals surface area contributed by atoms with Crippen LogP contribution in [0.5, 0.6) is 0 Å². The molecule has 0 heterocycles. The molecule has 0 aromatic heterocycles. The van der Waals surface area contributed by atoms with Gasteiger partial charge in [-0.3, -0.25) is 0 Å². The maximum atomic E-state index is 13.4. The van der Waals surface area contributed by atoms with Crippen molar-refractivity contribution in [3.63, 3.8) is 0 Å². The molecule has 0 radical (unpaired) electrons. The molecule has 0 bridgehead atoms. The van der Waals surface area contributed by atoms with Gasteiger partial charge in [0.05, 0.1) is 18.5 Å². The highest BCUT2D eigenvalue weighted by atomic mass is 19.1. The van der Waals surface area contributed by atoms with E-state index in [4.69, 9.17) is 0 Å². The summed E-state index contributed by atoms with van der Waals surface area (Å²) in [6, 6.07) is 0. The lowest BCUT2D eigenvalue weighted by Crippen LogP contribution is -2.36. The van der Waals surface area contributed by atoms with E-state index in [9.17, 15) is 14.6 Å². The summed E-state index contributed by atoms with van der Waals surface area (Å²) in [4.78, 5) is 0. The molecule has 0 aromatic carbocycles. The molecule has 30 heavy (non-hydrogen) atoms. The zero-order chi connectivity index (χ0) is 21.9. The molecule has 3 heteroatoms. The molecule has 3 saturated carbocycles. The molecule has 6 atom stereocenters. The van der Waals surface area contributed by atoms with Crippen LogP contribution in [0.25, 0.3) is 0 Å². The van der Waals surface area contributed by atoms with E-state index in [0.717, 1.165) is 29.7 Å². The number of hydrogen-bond acceptors (Lipinski definition) is 2. The summed E-state index contributed by atoms with van der Waals surface area (Å²) < 4.78 is 13.4. The lowest BCUT2D eigenvalue weighted by atomic mass is 9.60. The van der Waals surface area contributed by atoms with Crippen LogP contribution in [0.2, 0.25) is 0 Å². The van der Waals surface area contributed by atoms with E-state index in [1.807, 2.05) is 6.08 Å². The van der Waals surface area contributed by atoms with Crippen molar-refractivity contribution in [2.24, 2.45) is 29.1 Å². The smallest absolute Gasteiger partial charge is 0.0927 e. The van der Waals surface area contributed by atoms with Crippen LogP contribution >= 0.6 is 0 Å². The molecule has 3 aliphatic carbocycles. The normalized spacial score (nSPS) is 39.8. The van der Waals surface area contributed by atoms with E-state index in [1.165, 1.54) is 50.5 Å². The molecule has 2 nitrogen and oxygen atoms in total. The minimum atomic E-state index is -0.900. The van der Waals surface area contributed by atoms with Gasteiger partial charge in [0.25, 0.3) is 0 Å². The summed E-state index contributed by atoms with van der Waals surface area (Å²) in [7, 11) is 0. The Morgan fingerprint density at radius 3 is 2.60 bits per heavy atom. The zero-order valence-corrected chi connectivity index (χ0v) is 19.5. The Labute approximate surface area is 183 Å². The quantitative estimate of drug-likeness (QED) is 0.493. The van der Waals surface area contributed by atoms with Gasteiger partial charge in [-0.1, -0.05) is 64.7 Å². The van der Waals surface area contributed by atoms with Crippen molar-refractivity contribution in [2.75, 3.05) is 0 Å². The molecule has 3 fully saturated rings. The largest absolute Gasteiger partial charge is 0.393 e. The molecular weight excluding hydrogens is 375 g/mol. The van der Waals surface area contributed by atoms with E-state index in [-0.39, 0.29) is 6.42 Å². The Morgan fingerprint density at radius 2 is 1.90 bits per heavy atom. The minimum absolute atomic E-state index is 0.223. The standard InChI is InChI=1S/C27H43FO2/c1-18(2)7-5-8-19(3)24-12-13-25-20(9-6-14-27(24,25)4)10-11-21-15-22(29)16-26(30)23(21)17-28/h10-11,17-19,22,24-26,29-30H,5-9,12-16H2,1-4H3/b20-10+,21-11-,23-17+/t19-,22-,24-,25+,26+,27-/m1/s1. The fourth-order valence-corrected chi connectivity index (χ4v) is 6.83. The number of aliphatic hydroxyl groups excluding tert-OH is 2. The van der Waals surface area contributed by atoms with Crippen molar-refractivity contribution in [1.29, 1.82) is 0 Å². The number of hydrogen-bond donors (Lipinski definition) is 2. The van der Waals surface area contributed by atoms with Crippen LogP contribution in [-0.4, -0.2) is 22.4 Å². The van der Waals surface area contributed by atoms with Gasteiger partial charge in [0.1, 0.15) is 0 Å². The highest BCUT2D eigenvalue weighted by Crippen LogP contribution is 2.60. The predicted molar refractivity (Wildman–Crippen MR) is 123 cm³/mol. The van der Waals surface area contributed by atoms with Gasteiger partial charge < -0.3 is 10.2 Å². The summed E-state index contributed by atoms with van der Waals surface area (Å²) in [6.07, 6.45) is 14.1. The average molecular weight is 419 g/mol. The topological polar surface area (TPSA) is 40.5 Å². The highest BCUT2D eigenvalue weighted by molar-refractivity contribution is 5.39. The molecule has 3 rings (SSSR count). The van der Waals surface area contributed by atoms with Gasteiger partial charge in [-0.05, 0) is 73.2 Å². The second-order valence-corrected chi connectivity index (χ2v) is 11.0. The monoisotopic (exact) mass is 418 g/mol. The summed E-state index contributed by atoms with van der Waals surface area (Å²) in [5.74, 6) is 2.99. The van der Waals surface area contributed by atoms with E-state index >= 15 is 0 Å². The van der Waals surface area contributed by atoms with Gasteiger partial charge in [-0.15, -0.1) is 0 Å². The van der Waals surface area contributed by atoms with Gasteiger partial charge in [-0.2, -0.15) is 0 Å². The van der Waals surface area contributed by atoms with E-state index in [0.29, 0.717) is 29.7 Å². The third kappa shape index (κ3) is 5.10. The maximum absolute atomic E-state index is 13.4. The maximum Gasteiger partial charge on any atom is 0.0927 e. The van der Waals surface area contributed by atoms with Crippen LogP contribution in [0.3, 0.4) is 0 Å². The van der Waals surface area contributed by atoms with Crippen molar-refractivity contribution < 1.29 is 14.6 Å².